The van der Waals surface area contributed by atoms with Gasteiger partial charge in [-0.1, -0.05) is 0 Å². The van der Waals surface area contributed by atoms with Gasteiger partial charge in [0.25, 0.3) is 0 Å². The van der Waals surface area contributed by atoms with Gasteiger partial charge in [-0.05, 0) is 6.07 Å². The second-order valence-electron chi connectivity index (χ2n) is 3.66. The first kappa shape index (κ1) is 10.5. The van der Waals surface area contributed by atoms with E-state index in [0.29, 0.717) is 6.42 Å². The van der Waals surface area contributed by atoms with Crippen LogP contribution in [-0.2, 0) is 18.3 Å². The van der Waals surface area contributed by atoms with Crippen molar-refractivity contribution in [1.82, 2.24) is 14.8 Å². The number of H-pyrrole nitrogens is 1. The highest BCUT2D eigenvalue weighted by Gasteiger charge is 2.11. The Morgan fingerprint density at radius 2 is 2.44 bits per heavy atom. The lowest BCUT2D eigenvalue weighted by Gasteiger charge is -1.97. The molecule has 0 fully saturated rings. The normalized spacial score (nSPS) is 10.6. The molecule has 2 aromatic rings. The summed E-state index contributed by atoms with van der Waals surface area (Å²) in [5, 5.41) is 12.9. The van der Waals surface area contributed by atoms with Crippen molar-refractivity contribution in [1.29, 1.82) is 0 Å². The maximum atomic E-state index is 10.5. The number of aryl methyl sites for hydroxylation is 2. The molecule has 0 amide bonds. The van der Waals surface area contributed by atoms with Gasteiger partial charge < -0.3 is 10.1 Å². The van der Waals surface area contributed by atoms with Crippen LogP contribution in [0.1, 0.15) is 12.1 Å². The van der Waals surface area contributed by atoms with E-state index in [1.807, 2.05) is 31.7 Å². The minimum atomic E-state index is -0.800. The SMILES string of the molecule is Cn1cc(-c2cc[nH]c2)c(CCC(=O)O)n1. The number of nitrogens with zero attached hydrogens (tertiary/aromatic N) is 2. The molecule has 2 rings (SSSR count). The van der Waals surface area contributed by atoms with Gasteiger partial charge in [0.15, 0.2) is 0 Å². The molecule has 0 spiro atoms. The molecule has 0 aliphatic heterocycles. The second-order valence-corrected chi connectivity index (χ2v) is 3.66. The van der Waals surface area contributed by atoms with Crippen LogP contribution >= 0.6 is 0 Å². The van der Waals surface area contributed by atoms with Crippen molar-refractivity contribution in [2.24, 2.45) is 7.05 Å². The highest BCUT2D eigenvalue weighted by Crippen LogP contribution is 2.23. The predicted molar refractivity (Wildman–Crippen MR) is 59.0 cm³/mol. The Balaban J connectivity index is 2.27. The van der Waals surface area contributed by atoms with Crippen LogP contribution in [0, 0.1) is 0 Å². The van der Waals surface area contributed by atoms with Gasteiger partial charge in [-0.3, -0.25) is 9.48 Å². The Kier molecular flexibility index (Phi) is 2.76. The summed E-state index contributed by atoms with van der Waals surface area (Å²) in [4.78, 5) is 13.5. The minimum Gasteiger partial charge on any atom is -0.481 e. The van der Waals surface area contributed by atoms with Crippen molar-refractivity contribution in [3.05, 3.63) is 30.4 Å². The largest absolute Gasteiger partial charge is 0.481 e. The van der Waals surface area contributed by atoms with Crippen molar-refractivity contribution < 1.29 is 9.90 Å². The Morgan fingerprint density at radius 1 is 1.62 bits per heavy atom. The third kappa shape index (κ3) is 2.13. The van der Waals surface area contributed by atoms with Gasteiger partial charge in [0.2, 0.25) is 0 Å². The summed E-state index contributed by atoms with van der Waals surface area (Å²) in [5.74, 6) is -0.800. The molecule has 2 N–H and O–H groups in total. The Labute approximate surface area is 92.7 Å². The summed E-state index contributed by atoms with van der Waals surface area (Å²) in [5.41, 5.74) is 2.85. The zero-order chi connectivity index (χ0) is 11.5. The van der Waals surface area contributed by atoms with Crippen molar-refractivity contribution in [2.75, 3.05) is 0 Å². The first-order chi connectivity index (χ1) is 7.66. The van der Waals surface area contributed by atoms with E-state index in [-0.39, 0.29) is 6.42 Å². The quantitative estimate of drug-likeness (QED) is 0.817. The number of hydrogen-bond acceptors (Lipinski definition) is 2. The molecule has 2 aromatic heterocycles. The minimum absolute atomic E-state index is 0.106. The van der Waals surface area contributed by atoms with E-state index < -0.39 is 5.97 Å². The zero-order valence-electron chi connectivity index (χ0n) is 8.97. The van der Waals surface area contributed by atoms with Gasteiger partial charge in [0.05, 0.1) is 12.1 Å². The number of aromatic nitrogens is 3. The molecular formula is C11H13N3O2. The third-order valence-corrected chi connectivity index (χ3v) is 2.39. The lowest BCUT2D eigenvalue weighted by molar-refractivity contribution is -0.136. The number of nitrogens with one attached hydrogen (secondary N) is 1. The lowest BCUT2D eigenvalue weighted by atomic mass is 10.1. The summed E-state index contributed by atoms with van der Waals surface area (Å²) in [6.07, 6.45) is 6.18. The fraction of sp³-hybridized carbons (Fsp3) is 0.273. The Hall–Kier alpha value is -2.04. The van der Waals surface area contributed by atoms with Crippen LogP contribution in [0.3, 0.4) is 0 Å². The van der Waals surface area contributed by atoms with Crippen LogP contribution in [0.25, 0.3) is 11.1 Å². The smallest absolute Gasteiger partial charge is 0.303 e. The van der Waals surface area contributed by atoms with E-state index in [1.54, 1.807) is 4.68 Å². The molecule has 2 heterocycles. The Morgan fingerprint density at radius 3 is 3.06 bits per heavy atom. The monoisotopic (exact) mass is 219 g/mol. The molecule has 0 aromatic carbocycles. The van der Waals surface area contributed by atoms with Gasteiger partial charge in [0.1, 0.15) is 0 Å². The fourth-order valence-corrected chi connectivity index (χ4v) is 1.68. The summed E-state index contributed by atoms with van der Waals surface area (Å²) >= 11 is 0. The van der Waals surface area contributed by atoms with Crippen LogP contribution in [0.15, 0.2) is 24.7 Å². The molecule has 0 unspecified atom stereocenters. The number of carboxylic acid groups (broad SMARTS) is 1. The van der Waals surface area contributed by atoms with Gasteiger partial charge in [0, 0.05) is 43.2 Å². The highest BCUT2D eigenvalue weighted by molar-refractivity contribution is 5.69. The van der Waals surface area contributed by atoms with E-state index in [2.05, 4.69) is 10.1 Å². The summed E-state index contributed by atoms with van der Waals surface area (Å²) in [6, 6.07) is 1.95. The van der Waals surface area contributed by atoms with Crippen molar-refractivity contribution in [2.45, 2.75) is 12.8 Å². The van der Waals surface area contributed by atoms with Crippen LogP contribution in [0.4, 0.5) is 0 Å². The summed E-state index contributed by atoms with van der Waals surface area (Å²) < 4.78 is 1.71. The summed E-state index contributed by atoms with van der Waals surface area (Å²) in [6.45, 7) is 0. The molecule has 0 saturated heterocycles. The summed E-state index contributed by atoms with van der Waals surface area (Å²) in [7, 11) is 1.83. The molecule has 16 heavy (non-hydrogen) atoms. The van der Waals surface area contributed by atoms with E-state index in [1.165, 1.54) is 0 Å². The molecule has 5 heteroatoms. The Bertz CT molecular complexity index is 485. The van der Waals surface area contributed by atoms with Gasteiger partial charge in [-0.2, -0.15) is 5.10 Å². The van der Waals surface area contributed by atoms with Crippen LogP contribution in [-0.4, -0.2) is 25.8 Å². The molecule has 84 valence electrons. The lowest BCUT2D eigenvalue weighted by Crippen LogP contribution is -1.99. The fourth-order valence-electron chi connectivity index (χ4n) is 1.68. The maximum absolute atomic E-state index is 10.5. The standard InChI is InChI=1S/C11H13N3O2/c1-14-7-9(8-4-5-12-6-8)10(13-14)2-3-11(15)16/h4-7,12H,2-3H2,1H3,(H,15,16). The van der Waals surface area contributed by atoms with Crippen molar-refractivity contribution in [3.8, 4) is 11.1 Å². The van der Waals surface area contributed by atoms with Gasteiger partial charge >= 0.3 is 5.97 Å². The average Bonchev–Trinajstić information content (AvgIpc) is 2.82. The number of rotatable bonds is 4. The van der Waals surface area contributed by atoms with E-state index in [9.17, 15) is 4.79 Å². The molecular weight excluding hydrogens is 206 g/mol. The van der Waals surface area contributed by atoms with Crippen LogP contribution in [0.5, 0.6) is 0 Å². The van der Waals surface area contributed by atoms with Gasteiger partial charge in [-0.25, -0.2) is 0 Å². The molecule has 5 nitrogen and oxygen atoms in total. The van der Waals surface area contributed by atoms with Gasteiger partial charge in [-0.15, -0.1) is 0 Å². The third-order valence-electron chi connectivity index (χ3n) is 2.39. The molecule has 0 bridgehead atoms. The number of carbonyl (C=O) groups is 1. The molecule has 0 radical (unpaired) electrons. The van der Waals surface area contributed by atoms with Crippen molar-refractivity contribution >= 4 is 5.97 Å². The molecule has 0 aliphatic rings. The highest BCUT2D eigenvalue weighted by atomic mass is 16.4. The maximum Gasteiger partial charge on any atom is 0.303 e. The van der Waals surface area contributed by atoms with E-state index in [0.717, 1.165) is 16.8 Å². The number of hydrogen-bond donors (Lipinski definition) is 2. The first-order valence-electron chi connectivity index (χ1n) is 5.04. The topological polar surface area (TPSA) is 70.9 Å². The van der Waals surface area contributed by atoms with Crippen molar-refractivity contribution in [3.63, 3.8) is 0 Å². The second kappa shape index (κ2) is 4.22. The molecule has 0 aliphatic carbocycles. The molecule has 0 saturated carbocycles. The van der Waals surface area contributed by atoms with E-state index >= 15 is 0 Å². The molecule has 0 atom stereocenters. The van der Waals surface area contributed by atoms with E-state index in [4.69, 9.17) is 5.11 Å². The van der Waals surface area contributed by atoms with Crippen LogP contribution < -0.4 is 0 Å². The van der Waals surface area contributed by atoms with Crippen LogP contribution in [0.2, 0.25) is 0 Å². The number of carboxylic acids is 1. The average molecular weight is 219 g/mol. The zero-order valence-corrected chi connectivity index (χ0v) is 8.97. The number of aliphatic carboxylic acids is 1. The number of aromatic amines is 1. The first-order valence-corrected chi connectivity index (χ1v) is 5.04. The predicted octanol–water partition coefficient (Wildman–Crippen LogP) is 1.43.